The highest BCUT2D eigenvalue weighted by Gasteiger charge is 2.15. The van der Waals surface area contributed by atoms with Crippen molar-refractivity contribution in [3.05, 3.63) is 23.9 Å². The zero-order valence-corrected chi connectivity index (χ0v) is 9.66. The molecule has 0 amide bonds. The fraction of sp³-hybridized carbons (Fsp3) is 0.500. The van der Waals surface area contributed by atoms with E-state index in [0.29, 0.717) is 11.4 Å². The molecule has 0 aliphatic rings. The number of pyridine rings is 1. The molecule has 0 aliphatic carbocycles. The molecule has 78 valence electrons. The molecule has 0 saturated heterocycles. The van der Waals surface area contributed by atoms with Crippen LogP contribution in [0.4, 0.5) is 0 Å². The summed E-state index contributed by atoms with van der Waals surface area (Å²) in [5.74, 6) is 0.507. The van der Waals surface area contributed by atoms with Crippen LogP contribution in [-0.2, 0) is 11.0 Å². The van der Waals surface area contributed by atoms with Crippen molar-refractivity contribution in [1.82, 2.24) is 4.98 Å². The van der Waals surface area contributed by atoms with E-state index in [0.717, 1.165) is 12.1 Å². The lowest BCUT2D eigenvalue weighted by atomic mass is 10.1. The Bertz CT molecular complexity index is 357. The van der Waals surface area contributed by atoms with Crippen LogP contribution in [0.5, 0.6) is 0 Å². The lowest BCUT2D eigenvalue weighted by Gasteiger charge is -2.08. The molecule has 0 spiro atoms. The molecule has 1 N–H and O–H groups in total. The van der Waals surface area contributed by atoms with Crippen LogP contribution in [0.2, 0.25) is 0 Å². The monoisotopic (exact) mass is 213 g/mol. The van der Waals surface area contributed by atoms with Crippen LogP contribution < -0.4 is 5.44 Å². The normalized spacial score (nSPS) is 15.5. The smallest absolute Gasteiger partial charge is 0.244 e. The lowest BCUT2D eigenvalue weighted by molar-refractivity contribution is 0.495. The summed E-state index contributed by atoms with van der Waals surface area (Å²) in [6.45, 7) is 5.51. The van der Waals surface area contributed by atoms with E-state index in [9.17, 15) is 9.46 Å². The number of aromatic nitrogens is 1. The van der Waals surface area contributed by atoms with E-state index < -0.39 is 7.37 Å². The molecule has 1 rings (SSSR count). The highest BCUT2D eigenvalue weighted by atomic mass is 31.2. The van der Waals surface area contributed by atoms with E-state index >= 15 is 0 Å². The van der Waals surface area contributed by atoms with E-state index in [-0.39, 0.29) is 0 Å². The van der Waals surface area contributed by atoms with E-state index in [4.69, 9.17) is 0 Å². The minimum atomic E-state index is -3.20. The van der Waals surface area contributed by atoms with Crippen LogP contribution in [0.25, 0.3) is 0 Å². The van der Waals surface area contributed by atoms with Gasteiger partial charge in [-0.3, -0.25) is 4.57 Å². The van der Waals surface area contributed by atoms with Gasteiger partial charge in [-0.15, -0.1) is 0 Å². The third kappa shape index (κ3) is 3.24. The lowest BCUT2D eigenvalue weighted by Crippen LogP contribution is -2.11. The number of hydrogen-bond acceptors (Lipinski definition) is 2. The van der Waals surface area contributed by atoms with Gasteiger partial charge in [0.25, 0.3) is 0 Å². The van der Waals surface area contributed by atoms with Gasteiger partial charge in [-0.05, 0) is 24.5 Å². The van der Waals surface area contributed by atoms with Gasteiger partial charge in [0.2, 0.25) is 7.37 Å². The number of hydrogen-bond donors (Lipinski definition) is 1. The maximum absolute atomic E-state index is 11.3. The highest BCUT2D eigenvalue weighted by Crippen LogP contribution is 2.32. The molecule has 1 atom stereocenters. The van der Waals surface area contributed by atoms with Crippen LogP contribution in [-0.4, -0.2) is 16.5 Å². The Hall–Kier alpha value is -0.660. The molecule has 1 unspecified atom stereocenters. The topological polar surface area (TPSA) is 50.2 Å². The summed E-state index contributed by atoms with van der Waals surface area (Å²) in [6.07, 6.45) is 0.841. The Balaban J connectivity index is 2.96. The Morgan fingerprint density at radius 3 is 2.64 bits per heavy atom. The zero-order valence-electron chi connectivity index (χ0n) is 8.77. The fourth-order valence-corrected chi connectivity index (χ4v) is 1.91. The molecule has 0 saturated carbocycles. The van der Waals surface area contributed by atoms with Crippen LogP contribution in [0, 0.1) is 5.92 Å². The molecule has 4 heteroatoms. The van der Waals surface area contributed by atoms with Gasteiger partial charge in [-0.1, -0.05) is 19.9 Å². The summed E-state index contributed by atoms with van der Waals surface area (Å²) in [5, 5.41) is 0. The van der Waals surface area contributed by atoms with Crippen LogP contribution >= 0.6 is 7.37 Å². The molecule has 1 aromatic heterocycles. The van der Waals surface area contributed by atoms with Crippen molar-refractivity contribution in [3.8, 4) is 0 Å². The molecule has 1 heterocycles. The fourth-order valence-electron chi connectivity index (χ4n) is 1.23. The Morgan fingerprint density at radius 2 is 2.14 bits per heavy atom. The summed E-state index contributed by atoms with van der Waals surface area (Å²) in [7, 11) is -3.20. The molecule has 0 aromatic carbocycles. The number of nitrogens with zero attached hydrogens (tertiary/aromatic N) is 1. The SMILES string of the molecule is CC(C)Cc1cccc(P(C)(=O)O)n1. The number of rotatable bonds is 3. The minimum Gasteiger partial charge on any atom is -0.340 e. The minimum absolute atomic E-state index is 0.302. The van der Waals surface area contributed by atoms with E-state index in [1.807, 2.05) is 6.07 Å². The average Bonchev–Trinajstić information content (AvgIpc) is 2.01. The molecule has 14 heavy (non-hydrogen) atoms. The van der Waals surface area contributed by atoms with Crippen molar-refractivity contribution in [2.75, 3.05) is 6.66 Å². The predicted octanol–water partition coefficient (Wildman–Crippen LogP) is 1.81. The third-order valence-corrected chi connectivity index (χ3v) is 2.93. The third-order valence-electron chi connectivity index (χ3n) is 1.83. The first-order valence-corrected chi connectivity index (χ1v) is 6.77. The second-order valence-electron chi connectivity index (χ2n) is 3.96. The summed E-state index contributed by atoms with van der Waals surface area (Å²) in [4.78, 5) is 13.5. The van der Waals surface area contributed by atoms with Crippen molar-refractivity contribution >= 4 is 12.8 Å². The van der Waals surface area contributed by atoms with Gasteiger partial charge in [-0.25, -0.2) is 4.98 Å². The maximum atomic E-state index is 11.3. The Labute approximate surface area is 84.6 Å². The van der Waals surface area contributed by atoms with Crippen molar-refractivity contribution in [1.29, 1.82) is 0 Å². The van der Waals surface area contributed by atoms with Gasteiger partial charge in [0.05, 0.1) is 0 Å². The van der Waals surface area contributed by atoms with E-state index in [1.165, 1.54) is 6.66 Å². The summed E-state index contributed by atoms with van der Waals surface area (Å²) < 4.78 is 11.3. The van der Waals surface area contributed by atoms with Crippen molar-refractivity contribution < 1.29 is 9.46 Å². The molecular weight excluding hydrogens is 197 g/mol. The molecule has 0 bridgehead atoms. The van der Waals surface area contributed by atoms with Gasteiger partial charge in [0.15, 0.2) is 0 Å². The van der Waals surface area contributed by atoms with Gasteiger partial charge >= 0.3 is 0 Å². The molecule has 3 nitrogen and oxygen atoms in total. The molecule has 0 aliphatic heterocycles. The van der Waals surface area contributed by atoms with Gasteiger partial charge in [-0.2, -0.15) is 0 Å². The van der Waals surface area contributed by atoms with Gasteiger partial charge in [0, 0.05) is 12.4 Å². The predicted molar refractivity (Wildman–Crippen MR) is 58.2 cm³/mol. The standard InChI is InChI=1S/C10H16NO2P/c1-8(2)7-9-5-4-6-10(11-9)14(3,12)13/h4-6,8H,7H2,1-3H3,(H,12,13). The quantitative estimate of drug-likeness (QED) is 0.779. The molecular formula is C10H16NO2P. The highest BCUT2D eigenvalue weighted by molar-refractivity contribution is 7.65. The van der Waals surface area contributed by atoms with Crippen molar-refractivity contribution in [2.24, 2.45) is 5.92 Å². The van der Waals surface area contributed by atoms with Crippen molar-refractivity contribution in [2.45, 2.75) is 20.3 Å². The first-order valence-electron chi connectivity index (χ1n) is 4.66. The van der Waals surface area contributed by atoms with Crippen molar-refractivity contribution in [3.63, 3.8) is 0 Å². The molecule has 0 fully saturated rings. The second kappa shape index (κ2) is 4.24. The first kappa shape index (κ1) is 11.4. The molecule has 1 aromatic rings. The van der Waals surface area contributed by atoms with E-state index in [2.05, 4.69) is 18.8 Å². The largest absolute Gasteiger partial charge is 0.340 e. The second-order valence-corrected chi connectivity index (χ2v) is 6.18. The van der Waals surface area contributed by atoms with E-state index in [1.54, 1.807) is 12.1 Å². The maximum Gasteiger partial charge on any atom is 0.244 e. The Kier molecular flexibility index (Phi) is 3.46. The zero-order chi connectivity index (χ0) is 10.8. The van der Waals surface area contributed by atoms with Crippen LogP contribution in [0.3, 0.4) is 0 Å². The Morgan fingerprint density at radius 1 is 1.50 bits per heavy atom. The summed E-state index contributed by atoms with van der Waals surface area (Å²) >= 11 is 0. The van der Waals surface area contributed by atoms with Crippen LogP contribution in [0.1, 0.15) is 19.5 Å². The van der Waals surface area contributed by atoms with Gasteiger partial charge < -0.3 is 4.89 Å². The average molecular weight is 213 g/mol. The van der Waals surface area contributed by atoms with Gasteiger partial charge in [0.1, 0.15) is 5.44 Å². The molecule has 0 radical (unpaired) electrons. The summed E-state index contributed by atoms with van der Waals surface area (Å²) in [5.41, 5.74) is 1.18. The first-order chi connectivity index (χ1) is 6.39. The summed E-state index contributed by atoms with van der Waals surface area (Å²) in [6, 6.07) is 5.27. The van der Waals surface area contributed by atoms with Crippen LogP contribution in [0.15, 0.2) is 18.2 Å².